The lowest BCUT2D eigenvalue weighted by atomic mass is 10.1. The summed E-state index contributed by atoms with van der Waals surface area (Å²) >= 11 is 1.27. The number of carbonyl (C=O) groups is 2. The molecule has 2 aliphatic rings. The molecule has 1 aliphatic heterocycles. The Morgan fingerprint density at radius 1 is 1.21 bits per heavy atom. The van der Waals surface area contributed by atoms with Gasteiger partial charge in [0.15, 0.2) is 21.6 Å². The quantitative estimate of drug-likeness (QED) is 0.527. The maximum Gasteiger partial charge on any atom is 0.271 e. The van der Waals surface area contributed by atoms with Crippen molar-refractivity contribution in [2.45, 2.75) is 29.1 Å². The minimum Gasteiger partial charge on any atom is -0.481 e. The fourth-order valence-corrected chi connectivity index (χ4v) is 5.59. The van der Waals surface area contributed by atoms with Gasteiger partial charge in [0, 0.05) is 23.2 Å². The first kappa shape index (κ1) is 21.4. The van der Waals surface area contributed by atoms with E-state index >= 15 is 0 Å². The van der Waals surface area contributed by atoms with Gasteiger partial charge in [0.2, 0.25) is 6.10 Å². The predicted molar refractivity (Wildman–Crippen MR) is 121 cm³/mol. The highest BCUT2D eigenvalue weighted by Gasteiger charge is 2.37. The average Bonchev–Trinajstić information content (AvgIpc) is 3.56. The Kier molecular flexibility index (Phi) is 5.51. The molecule has 1 aliphatic carbocycles. The van der Waals surface area contributed by atoms with Gasteiger partial charge in [-0.05, 0) is 37.1 Å². The van der Waals surface area contributed by atoms with Crippen molar-refractivity contribution in [1.29, 1.82) is 0 Å². The molecule has 170 valence electrons. The van der Waals surface area contributed by atoms with Crippen molar-refractivity contribution in [2.24, 2.45) is 0 Å². The van der Waals surface area contributed by atoms with Crippen LogP contribution >= 0.6 is 11.3 Å². The Bertz CT molecular complexity index is 1300. The zero-order chi connectivity index (χ0) is 23.0. The number of aromatic nitrogens is 1. The molecule has 2 heterocycles. The molecule has 0 radical (unpaired) electrons. The number of nitrogens with zero attached hydrogens (tertiary/aromatic N) is 1. The van der Waals surface area contributed by atoms with Gasteiger partial charge in [0.1, 0.15) is 11.5 Å². The number of ether oxygens (including phenoxy) is 2. The van der Waals surface area contributed by atoms with Crippen LogP contribution in [0.5, 0.6) is 11.5 Å². The fourth-order valence-electron chi connectivity index (χ4n) is 3.40. The first-order valence-electron chi connectivity index (χ1n) is 10.2. The van der Waals surface area contributed by atoms with E-state index in [0.717, 1.165) is 0 Å². The van der Waals surface area contributed by atoms with E-state index in [-0.39, 0.29) is 22.7 Å². The highest BCUT2D eigenvalue weighted by atomic mass is 32.2. The number of sulfone groups is 1. The molecule has 11 heteroatoms. The molecular formula is C22H19N3O6S2. The van der Waals surface area contributed by atoms with Crippen molar-refractivity contribution in [3.63, 3.8) is 0 Å². The van der Waals surface area contributed by atoms with Gasteiger partial charge >= 0.3 is 0 Å². The van der Waals surface area contributed by atoms with Crippen LogP contribution in [-0.4, -0.2) is 37.1 Å². The second-order valence-corrected chi connectivity index (χ2v) is 10.8. The highest BCUT2D eigenvalue weighted by molar-refractivity contribution is 7.92. The Hall–Kier alpha value is -3.44. The van der Waals surface area contributed by atoms with Crippen LogP contribution in [0.1, 0.15) is 24.5 Å². The molecule has 2 N–H and O–H groups in total. The van der Waals surface area contributed by atoms with Gasteiger partial charge in [-0.1, -0.05) is 12.1 Å². The van der Waals surface area contributed by atoms with E-state index in [0.29, 0.717) is 40.7 Å². The Labute approximate surface area is 193 Å². The number of anilines is 2. The summed E-state index contributed by atoms with van der Waals surface area (Å²) in [6.07, 6.45) is 1.84. The van der Waals surface area contributed by atoms with Crippen LogP contribution in [0.15, 0.2) is 58.9 Å². The molecule has 1 atom stereocenters. The van der Waals surface area contributed by atoms with Gasteiger partial charge in [0.25, 0.3) is 11.8 Å². The predicted octanol–water partition coefficient (Wildman–Crippen LogP) is 3.17. The smallest absolute Gasteiger partial charge is 0.271 e. The molecule has 1 saturated carbocycles. The van der Waals surface area contributed by atoms with Crippen LogP contribution in [0.25, 0.3) is 0 Å². The second kappa shape index (κ2) is 8.49. The fraction of sp³-hybridized carbons (Fsp3) is 0.227. The van der Waals surface area contributed by atoms with E-state index < -0.39 is 21.8 Å². The van der Waals surface area contributed by atoms with Crippen molar-refractivity contribution >= 4 is 43.8 Å². The summed E-state index contributed by atoms with van der Waals surface area (Å²) in [5, 5.41) is 7.24. The van der Waals surface area contributed by atoms with Crippen molar-refractivity contribution in [1.82, 2.24) is 4.98 Å². The first-order chi connectivity index (χ1) is 15.9. The zero-order valence-electron chi connectivity index (χ0n) is 17.2. The van der Waals surface area contributed by atoms with Gasteiger partial charge < -0.3 is 14.8 Å². The van der Waals surface area contributed by atoms with Crippen molar-refractivity contribution < 1.29 is 27.5 Å². The van der Waals surface area contributed by atoms with Crippen LogP contribution in [0.2, 0.25) is 0 Å². The molecular weight excluding hydrogens is 466 g/mol. The molecule has 1 unspecified atom stereocenters. The highest BCUT2D eigenvalue weighted by Crippen LogP contribution is 2.36. The van der Waals surface area contributed by atoms with Crippen LogP contribution in [0.4, 0.5) is 10.8 Å². The minimum atomic E-state index is -3.34. The van der Waals surface area contributed by atoms with E-state index in [9.17, 15) is 18.0 Å². The van der Waals surface area contributed by atoms with Gasteiger partial charge in [-0.15, -0.1) is 11.3 Å². The van der Waals surface area contributed by atoms with Crippen molar-refractivity contribution in [3.8, 4) is 11.5 Å². The summed E-state index contributed by atoms with van der Waals surface area (Å²) < 4.78 is 36.5. The van der Waals surface area contributed by atoms with Gasteiger partial charge in [-0.25, -0.2) is 13.4 Å². The monoisotopic (exact) mass is 485 g/mol. The molecule has 2 aromatic carbocycles. The number of amides is 2. The molecule has 5 rings (SSSR count). The molecule has 1 fully saturated rings. The van der Waals surface area contributed by atoms with Crippen molar-refractivity contribution in [3.05, 3.63) is 59.6 Å². The largest absolute Gasteiger partial charge is 0.481 e. The van der Waals surface area contributed by atoms with Crippen LogP contribution in [0, 0.1) is 0 Å². The molecule has 0 bridgehead atoms. The Morgan fingerprint density at radius 2 is 2.00 bits per heavy atom. The van der Waals surface area contributed by atoms with E-state index in [4.69, 9.17) is 9.47 Å². The summed E-state index contributed by atoms with van der Waals surface area (Å²) in [5.74, 6) is 0.0590. The summed E-state index contributed by atoms with van der Waals surface area (Å²) in [6.45, 7) is -0.110. The number of benzene rings is 2. The molecule has 3 aromatic rings. The van der Waals surface area contributed by atoms with Crippen molar-refractivity contribution in [2.75, 3.05) is 17.2 Å². The maximum absolute atomic E-state index is 13.1. The number of rotatable bonds is 7. The number of nitrogens with one attached hydrogen (secondary N) is 2. The molecule has 9 nitrogen and oxygen atoms in total. The van der Waals surface area contributed by atoms with E-state index in [1.165, 1.54) is 23.5 Å². The number of carbonyl (C=O) groups excluding carboxylic acids is 2. The van der Waals surface area contributed by atoms with Gasteiger partial charge in [-0.3, -0.25) is 14.9 Å². The lowest BCUT2D eigenvalue weighted by molar-refractivity contribution is -0.123. The molecule has 0 saturated heterocycles. The lowest BCUT2D eigenvalue weighted by Crippen LogP contribution is -2.26. The number of fused-ring (bicyclic) bond motifs is 1. The first-order valence-corrected chi connectivity index (χ1v) is 12.6. The molecule has 1 aromatic heterocycles. The summed E-state index contributed by atoms with van der Waals surface area (Å²) in [5.41, 5.74) is 0.989. The Morgan fingerprint density at radius 3 is 2.70 bits per heavy atom. The second-order valence-electron chi connectivity index (χ2n) is 7.63. The maximum atomic E-state index is 13.1. The Balaban J connectivity index is 1.43. The zero-order valence-corrected chi connectivity index (χ0v) is 18.8. The number of hydrogen-bond donors (Lipinski definition) is 2. The number of hydrogen-bond acceptors (Lipinski definition) is 8. The topological polar surface area (TPSA) is 124 Å². The standard InChI is InChI=1S/C22H19N3O6S2/c26-19-12-30-18-11-14(3-8-17(18)24-19)31-20(21(27)25-22-23-9-10-32-22)13-1-4-15(5-2-13)33(28,29)16-6-7-16/h1-5,8-11,16,20H,6-7,12H2,(H,24,26)(H,23,25,27). The molecule has 2 amide bonds. The summed E-state index contributed by atoms with van der Waals surface area (Å²) in [6, 6.07) is 11.0. The lowest BCUT2D eigenvalue weighted by Gasteiger charge is -2.22. The molecule has 33 heavy (non-hydrogen) atoms. The van der Waals surface area contributed by atoms with E-state index in [1.54, 1.807) is 41.9 Å². The van der Waals surface area contributed by atoms with Crippen LogP contribution in [-0.2, 0) is 19.4 Å². The third kappa shape index (κ3) is 4.55. The van der Waals surface area contributed by atoms with E-state index in [1.807, 2.05) is 0 Å². The minimum absolute atomic E-state index is 0.110. The third-order valence-electron chi connectivity index (χ3n) is 5.22. The van der Waals surface area contributed by atoms with Crippen LogP contribution < -0.4 is 20.1 Å². The average molecular weight is 486 g/mol. The SMILES string of the molecule is O=C1COc2cc(OC(C(=O)Nc3nccs3)c3ccc(S(=O)(=O)C4CC4)cc3)ccc2N1. The normalized spacial score (nSPS) is 16.2. The summed E-state index contributed by atoms with van der Waals surface area (Å²) in [4.78, 5) is 28.9. The number of thiazole rings is 1. The van der Waals surface area contributed by atoms with Crippen LogP contribution in [0.3, 0.4) is 0 Å². The van der Waals surface area contributed by atoms with Gasteiger partial charge in [0.05, 0.1) is 15.8 Å². The van der Waals surface area contributed by atoms with Gasteiger partial charge in [-0.2, -0.15) is 0 Å². The molecule has 0 spiro atoms. The summed E-state index contributed by atoms with van der Waals surface area (Å²) in [7, 11) is -3.34. The van der Waals surface area contributed by atoms with E-state index in [2.05, 4.69) is 15.6 Å². The third-order valence-corrected chi connectivity index (χ3v) is 8.18.